The lowest BCUT2D eigenvalue weighted by atomic mass is 10.1. The Morgan fingerprint density at radius 3 is 2.59 bits per heavy atom. The minimum Gasteiger partial charge on any atom is -0.338 e. The Labute approximate surface area is 172 Å². The lowest BCUT2D eigenvalue weighted by molar-refractivity contribution is -0.132. The van der Waals surface area contributed by atoms with Crippen LogP contribution in [0.5, 0.6) is 0 Å². The van der Waals surface area contributed by atoms with Crippen LogP contribution in [0.3, 0.4) is 0 Å². The van der Waals surface area contributed by atoms with Gasteiger partial charge in [-0.15, -0.1) is 24.8 Å². The molecule has 27 heavy (non-hydrogen) atoms. The fourth-order valence-corrected chi connectivity index (χ4v) is 3.17. The van der Waals surface area contributed by atoms with Crippen molar-refractivity contribution in [2.75, 3.05) is 13.1 Å². The van der Waals surface area contributed by atoms with Gasteiger partial charge in [0.1, 0.15) is 5.82 Å². The fraction of sp³-hybridized carbons (Fsp3) is 0.400. The minimum absolute atomic E-state index is 0. The van der Waals surface area contributed by atoms with E-state index in [0.29, 0.717) is 25.9 Å². The summed E-state index contributed by atoms with van der Waals surface area (Å²) in [5.41, 5.74) is 1.91. The van der Waals surface area contributed by atoms with Gasteiger partial charge in [0.15, 0.2) is 0 Å². The Balaban J connectivity index is 0.00000182. The minimum atomic E-state index is -0.259. The molecule has 0 spiro atoms. The first-order chi connectivity index (χ1) is 12.2. The first-order valence-electron chi connectivity index (χ1n) is 8.86. The molecular formula is C20H26Cl2FN3O. The van der Waals surface area contributed by atoms with Crippen LogP contribution in [0, 0.1) is 5.82 Å². The van der Waals surface area contributed by atoms with Crippen LogP contribution in [0.4, 0.5) is 4.39 Å². The van der Waals surface area contributed by atoms with Gasteiger partial charge in [-0.05, 0) is 49.2 Å². The Bertz CT molecular complexity index is 679. The molecule has 0 radical (unpaired) electrons. The van der Waals surface area contributed by atoms with Crippen molar-refractivity contribution in [2.45, 2.75) is 38.3 Å². The first-order valence-corrected chi connectivity index (χ1v) is 8.86. The molecule has 1 aliphatic rings. The van der Waals surface area contributed by atoms with E-state index in [0.717, 1.165) is 30.6 Å². The van der Waals surface area contributed by atoms with Gasteiger partial charge in [-0.2, -0.15) is 0 Å². The number of carbonyl (C=O) groups excluding carboxylic acids is 1. The number of nitrogens with one attached hydrogen (secondary N) is 1. The summed E-state index contributed by atoms with van der Waals surface area (Å²) >= 11 is 0. The highest BCUT2D eigenvalue weighted by molar-refractivity contribution is 5.85. The second-order valence-corrected chi connectivity index (χ2v) is 6.51. The predicted molar refractivity (Wildman–Crippen MR) is 110 cm³/mol. The van der Waals surface area contributed by atoms with E-state index in [1.54, 1.807) is 18.3 Å². The van der Waals surface area contributed by atoms with E-state index in [4.69, 9.17) is 0 Å². The molecule has 4 nitrogen and oxygen atoms in total. The maximum absolute atomic E-state index is 13.1. The third kappa shape index (κ3) is 7.45. The van der Waals surface area contributed by atoms with Crippen LogP contribution >= 0.6 is 24.8 Å². The molecule has 1 amide bonds. The molecule has 0 saturated carbocycles. The standard InChI is InChI=1S/C20H24FN3O.2ClH/c21-17-8-6-16(7-9-17)15-24(13-10-18-4-1-2-11-22-18)20(25)14-19-5-3-12-23-19;;/h1-2,4,6-9,11,19,23H,3,5,10,12-15H2;2*1H. The molecule has 2 heterocycles. The molecule has 7 heteroatoms. The number of rotatable bonds is 7. The largest absolute Gasteiger partial charge is 0.338 e. The van der Waals surface area contributed by atoms with Gasteiger partial charge in [-0.1, -0.05) is 18.2 Å². The number of hydrogen-bond acceptors (Lipinski definition) is 3. The van der Waals surface area contributed by atoms with E-state index in [1.807, 2.05) is 23.1 Å². The molecule has 2 aromatic rings. The van der Waals surface area contributed by atoms with E-state index in [-0.39, 0.29) is 42.6 Å². The summed E-state index contributed by atoms with van der Waals surface area (Å²) in [5, 5.41) is 3.38. The van der Waals surface area contributed by atoms with Crippen molar-refractivity contribution in [1.82, 2.24) is 15.2 Å². The van der Waals surface area contributed by atoms with E-state index in [2.05, 4.69) is 10.3 Å². The number of benzene rings is 1. The number of hydrogen-bond donors (Lipinski definition) is 1. The van der Waals surface area contributed by atoms with Crippen LogP contribution in [0.1, 0.15) is 30.5 Å². The second kappa shape index (κ2) is 11.9. The number of nitrogens with zero attached hydrogens (tertiary/aromatic N) is 2. The van der Waals surface area contributed by atoms with E-state index in [1.165, 1.54) is 12.1 Å². The summed E-state index contributed by atoms with van der Waals surface area (Å²) < 4.78 is 13.1. The number of carbonyl (C=O) groups is 1. The van der Waals surface area contributed by atoms with Crippen LogP contribution in [-0.4, -0.2) is 34.9 Å². The summed E-state index contributed by atoms with van der Waals surface area (Å²) in [4.78, 5) is 19.0. The van der Waals surface area contributed by atoms with Gasteiger partial charge in [-0.25, -0.2) is 4.39 Å². The van der Waals surface area contributed by atoms with Gasteiger partial charge in [0, 0.05) is 43.9 Å². The average Bonchev–Trinajstić information content (AvgIpc) is 3.14. The number of pyridine rings is 1. The SMILES string of the molecule is Cl.Cl.O=C(CC1CCCN1)N(CCc1ccccn1)Cc1ccc(F)cc1. The van der Waals surface area contributed by atoms with Crippen LogP contribution < -0.4 is 5.32 Å². The molecule has 1 aromatic carbocycles. The van der Waals surface area contributed by atoms with Gasteiger partial charge < -0.3 is 10.2 Å². The summed E-state index contributed by atoms with van der Waals surface area (Å²) in [6.07, 6.45) is 5.18. The summed E-state index contributed by atoms with van der Waals surface area (Å²) in [5.74, 6) is -0.120. The molecule has 0 bridgehead atoms. The molecule has 3 rings (SSSR count). The molecular weight excluding hydrogens is 388 g/mol. The van der Waals surface area contributed by atoms with Crippen molar-refractivity contribution in [3.63, 3.8) is 0 Å². The zero-order chi connectivity index (χ0) is 17.5. The Morgan fingerprint density at radius 2 is 1.96 bits per heavy atom. The normalized spacial score (nSPS) is 15.5. The van der Waals surface area contributed by atoms with Crippen molar-refractivity contribution < 1.29 is 9.18 Å². The molecule has 1 atom stereocenters. The van der Waals surface area contributed by atoms with E-state index in [9.17, 15) is 9.18 Å². The zero-order valence-corrected chi connectivity index (χ0v) is 16.8. The highest BCUT2D eigenvalue weighted by Gasteiger charge is 2.22. The zero-order valence-electron chi connectivity index (χ0n) is 15.1. The molecule has 1 aromatic heterocycles. The Morgan fingerprint density at radius 1 is 1.19 bits per heavy atom. The highest BCUT2D eigenvalue weighted by Crippen LogP contribution is 2.14. The topological polar surface area (TPSA) is 45.2 Å². The molecule has 1 N–H and O–H groups in total. The molecule has 0 aliphatic carbocycles. The first kappa shape index (κ1) is 23.3. The van der Waals surface area contributed by atoms with Gasteiger partial charge in [0.05, 0.1) is 0 Å². The monoisotopic (exact) mass is 413 g/mol. The Hall–Kier alpha value is -1.69. The Kier molecular flexibility index (Phi) is 10.3. The van der Waals surface area contributed by atoms with Crippen LogP contribution in [0.2, 0.25) is 0 Å². The smallest absolute Gasteiger partial charge is 0.224 e. The number of aromatic nitrogens is 1. The van der Waals surface area contributed by atoms with Crippen LogP contribution in [-0.2, 0) is 17.8 Å². The van der Waals surface area contributed by atoms with Crippen LogP contribution in [0.15, 0.2) is 48.7 Å². The molecule has 148 valence electrons. The molecule has 1 unspecified atom stereocenters. The summed E-state index contributed by atoms with van der Waals surface area (Å²) in [6.45, 7) is 2.10. The van der Waals surface area contributed by atoms with Crippen LogP contribution in [0.25, 0.3) is 0 Å². The third-order valence-electron chi connectivity index (χ3n) is 4.59. The van der Waals surface area contributed by atoms with Crippen molar-refractivity contribution in [3.05, 3.63) is 65.7 Å². The quantitative estimate of drug-likeness (QED) is 0.750. The maximum Gasteiger partial charge on any atom is 0.224 e. The molecule has 1 fully saturated rings. The van der Waals surface area contributed by atoms with Crippen molar-refractivity contribution >= 4 is 30.7 Å². The van der Waals surface area contributed by atoms with Crippen molar-refractivity contribution in [2.24, 2.45) is 0 Å². The molecule has 1 aliphatic heterocycles. The maximum atomic E-state index is 13.1. The number of amides is 1. The summed E-state index contributed by atoms with van der Waals surface area (Å²) in [7, 11) is 0. The van der Waals surface area contributed by atoms with E-state index >= 15 is 0 Å². The fourth-order valence-electron chi connectivity index (χ4n) is 3.17. The third-order valence-corrected chi connectivity index (χ3v) is 4.59. The van der Waals surface area contributed by atoms with Gasteiger partial charge in [0.25, 0.3) is 0 Å². The lowest BCUT2D eigenvalue weighted by Gasteiger charge is -2.24. The van der Waals surface area contributed by atoms with Crippen molar-refractivity contribution in [3.8, 4) is 0 Å². The van der Waals surface area contributed by atoms with Gasteiger partial charge >= 0.3 is 0 Å². The van der Waals surface area contributed by atoms with Crippen molar-refractivity contribution in [1.29, 1.82) is 0 Å². The predicted octanol–water partition coefficient (Wildman–Crippen LogP) is 3.78. The number of halogens is 3. The average molecular weight is 414 g/mol. The van der Waals surface area contributed by atoms with E-state index < -0.39 is 0 Å². The second-order valence-electron chi connectivity index (χ2n) is 6.51. The lowest BCUT2D eigenvalue weighted by Crippen LogP contribution is -2.37. The molecule has 1 saturated heterocycles. The van der Waals surface area contributed by atoms with Gasteiger partial charge in [0.2, 0.25) is 5.91 Å². The highest BCUT2D eigenvalue weighted by atomic mass is 35.5. The van der Waals surface area contributed by atoms with Gasteiger partial charge in [-0.3, -0.25) is 9.78 Å². The summed E-state index contributed by atoms with van der Waals surface area (Å²) in [6, 6.07) is 12.4.